The van der Waals surface area contributed by atoms with Crippen molar-refractivity contribution in [1.29, 1.82) is 0 Å². The van der Waals surface area contributed by atoms with E-state index in [-0.39, 0.29) is 21.6 Å². The molecule has 130 valence electrons. The standard InChI is InChI=1S/C14H11BrF3NO3S2/c1-19-24(20,21)11-6-7-13(12(15)8-11)22-9-2-4-10(5-3-9)23-14(16,17)18/h2-8,19H,1H3. The van der Waals surface area contributed by atoms with Gasteiger partial charge in [0.2, 0.25) is 10.0 Å². The predicted molar refractivity (Wildman–Crippen MR) is 88.8 cm³/mol. The first-order valence-corrected chi connectivity index (χ1v) is 9.47. The molecule has 2 aromatic rings. The summed E-state index contributed by atoms with van der Waals surface area (Å²) in [5.41, 5.74) is -4.35. The molecular weight excluding hydrogens is 431 g/mol. The zero-order valence-electron chi connectivity index (χ0n) is 12.1. The van der Waals surface area contributed by atoms with Crippen molar-refractivity contribution in [2.75, 3.05) is 7.05 Å². The predicted octanol–water partition coefficient (Wildman–Crippen LogP) is 4.76. The largest absolute Gasteiger partial charge is 0.456 e. The van der Waals surface area contributed by atoms with Crippen molar-refractivity contribution in [3.63, 3.8) is 0 Å². The van der Waals surface area contributed by atoms with E-state index in [0.717, 1.165) is 0 Å². The normalized spacial score (nSPS) is 12.2. The van der Waals surface area contributed by atoms with E-state index in [0.29, 0.717) is 16.0 Å². The van der Waals surface area contributed by atoms with Crippen LogP contribution >= 0.6 is 27.7 Å². The van der Waals surface area contributed by atoms with Gasteiger partial charge in [0.25, 0.3) is 0 Å². The lowest BCUT2D eigenvalue weighted by atomic mass is 10.3. The minimum atomic E-state index is -4.35. The van der Waals surface area contributed by atoms with E-state index in [4.69, 9.17) is 4.74 Å². The molecule has 0 unspecified atom stereocenters. The Bertz CT molecular complexity index is 824. The van der Waals surface area contributed by atoms with E-state index >= 15 is 0 Å². The third-order valence-corrected chi connectivity index (χ3v) is 5.54. The molecule has 0 atom stereocenters. The summed E-state index contributed by atoms with van der Waals surface area (Å²) in [6, 6.07) is 9.57. The van der Waals surface area contributed by atoms with Gasteiger partial charge in [-0.15, -0.1) is 0 Å². The van der Waals surface area contributed by atoms with Crippen LogP contribution < -0.4 is 9.46 Å². The second-order valence-corrected chi connectivity index (χ2v) is 8.30. The highest BCUT2D eigenvalue weighted by atomic mass is 79.9. The molecule has 0 saturated carbocycles. The Morgan fingerprint density at radius 3 is 2.25 bits per heavy atom. The Kier molecular flexibility index (Phi) is 5.84. The van der Waals surface area contributed by atoms with Gasteiger partial charge in [-0.2, -0.15) is 13.2 Å². The van der Waals surface area contributed by atoms with E-state index in [1.165, 1.54) is 49.5 Å². The first-order valence-electron chi connectivity index (χ1n) is 6.37. The molecule has 2 aromatic carbocycles. The molecule has 24 heavy (non-hydrogen) atoms. The lowest BCUT2D eigenvalue weighted by Gasteiger charge is -2.10. The van der Waals surface area contributed by atoms with Crippen molar-refractivity contribution in [2.45, 2.75) is 15.3 Å². The number of nitrogens with one attached hydrogen (secondary N) is 1. The number of alkyl halides is 3. The summed E-state index contributed by atoms with van der Waals surface area (Å²) in [6.45, 7) is 0. The van der Waals surface area contributed by atoms with Crippen molar-refractivity contribution < 1.29 is 26.3 Å². The molecule has 0 radical (unpaired) electrons. The van der Waals surface area contributed by atoms with Crippen LogP contribution in [0.2, 0.25) is 0 Å². The summed E-state index contributed by atoms with van der Waals surface area (Å²) in [7, 11) is -2.28. The Hall–Kier alpha value is -1.23. The number of halogens is 4. The van der Waals surface area contributed by atoms with Gasteiger partial charge in [-0.3, -0.25) is 0 Å². The number of sulfonamides is 1. The molecule has 2 rings (SSSR count). The summed E-state index contributed by atoms with van der Waals surface area (Å²) in [4.78, 5) is 0.102. The van der Waals surface area contributed by atoms with Gasteiger partial charge in [0.15, 0.2) is 0 Å². The zero-order valence-corrected chi connectivity index (χ0v) is 15.3. The van der Waals surface area contributed by atoms with Crippen LogP contribution in [0.25, 0.3) is 0 Å². The van der Waals surface area contributed by atoms with E-state index in [9.17, 15) is 21.6 Å². The van der Waals surface area contributed by atoms with Crippen LogP contribution in [0.4, 0.5) is 13.2 Å². The third kappa shape index (κ3) is 5.13. The first kappa shape index (κ1) is 19.1. The van der Waals surface area contributed by atoms with Crippen LogP contribution in [-0.2, 0) is 10.0 Å². The number of benzene rings is 2. The maximum atomic E-state index is 12.3. The van der Waals surface area contributed by atoms with Crippen LogP contribution in [0.3, 0.4) is 0 Å². The Balaban J connectivity index is 2.17. The van der Waals surface area contributed by atoms with Crippen LogP contribution in [0.15, 0.2) is 56.7 Å². The molecule has 0 saturated heterocycles. The molecular formula is C14H11BrF3NO3S2. The molecule has 0 fully saturated rings. The smallest absolute Gasteiger partial charge is 0.446 e. The molecule has 1 N–H and O–H groups in total. The molecule has 4 nitrogen and oxygen atoms in total. The summed E-state index contributed by atoms with van der Waals surface area (Å²) < 4.78 is 68.4. The Morgan fingerprint density at radius 2 is 1.75 bits per heavy atom. The number of hydrogen-bond acceptors (Lipinski definition) is 4. The molecule has 0 aromatic heterocycles. The van der Waals surface area contributed by atoms with Crippen molar-refractivity contribution in [3.05, 3.63) is 46.9 Å². The minimum absolute atomic E-state index is 0.0457. The van der Waals surface area contributed by atoms with Crippen LogP contribution in [0, 0.1) is 0 Å². The lowest BCUT2D eigenvalue weighted by Crippen LogP contribution is -2.18. The number of rotatable bonds is 5. The van der Waals surface area contributed by atoms with Gasteiger partial charge in [0.1, 0.15) is 11.5 Å². The fraction of sp³-hybridized carbons (Fsp3) is 0.143. The van der Waals surface area contributed by atoms with E-state index in [2.05, 4.69) is 20.7 Å². The minimum Gasteiger partial charge on any atom is -0.456 e. The number of hydrogen-bond donors (Lipinski definition) is 1. The Morgan fingerprint density at radius 1 is 1.12 bits per heavy atom. The summed E-state index contributed by atoms with van der Waals surface area (Å²) >= 11 is 3.00. The molecule has 0 aliphatic heterocycles. The highest BCUT2D eigenvalue weighted by molar-refractivity contribution is 9.10. The summed E-state index contributed by atoms with van der Waals surface area (Å²) in [6.07, 6.45) is 0. The fourth-order valence-corrected chi connectivity index (χ4v) is 3.59. The fourth-order valence-electron chi connectivity index (χ4n) is 1.69. The van der Waals surface area contributed by atoms with Gasteiger partial charge in [-0.25, -0.2) is 13.1 Å². The second kappa shape index (κ2) is 7.34. The molecule has 0 aliphatic rings. The van der Waals surface area contributed by atoms with Crippen molar-refractivity contribution in [3.8, 4) is 11.5 Å². The van der Waals surface area contributed by atoms with E-state index < -0.39 is 15.5 Å². The third-order valence-electron chi connectivity index (χ3n) is 2.77. The molecule has 0 heterocycles. The molecule has 0 aliphatic carbocycles. The van der Waals surface area contributed by atoms with Crippen LogP contribution in [-0.4, -0.2) is 21.0 Å². The maximum Gasteiger partial charge on any atom is 0.446 e. The SMILES string of the molecule is CNS(=O)(=O)c1ccc(Oc2ccc(SC(F)(F)F)cc2)c(Br)c1. The van der Waals surface area contributed by atoms with Gasteiger partial charge in [-0.1, -0.05) is 0 Å². The molecule has 0 amide bonds. The Labute approximate surface area is 149 Å². The first-order chi connectivity index (χ1) is 11.1. The average molecular weight is 442 g/mol. The van der Waals surface area contributed by atoms with Crippen LogP contribution in [0.5, 0.6) is 11.5 Å². The quantitative estimate of drug-likeness (QED) is 0.679. The monoisotopic (exact) mass is 441 g/mol. The highest BCUT2D eigenvalue weighted by Gasteiger charge is 2.29. The van der Waals surface area contributed by atoms with Gasteiger partial charge in [-0.05, 0) is 77.2 Å². The average Bonchev–Trinajstić information content (AvgIpc) is 2.49. The van der Waals surface area contributed by atoms with Crippen molar-refractivity contribution in [1.82, 2.24) is 4.72 Å². The van der Waals surface area contributed by atoms with Gasteiger partial charge in [0.05, 0.1) is 9.37 Å². The highest BCUT2D eigenvalue weighted by Crippen LogP contribution is 2.38. The zero-order chi connectivity index (χ0) is 18.0. The lowest BCUT2D eigenvalue weighted by molar-refractivity contribution is -0.0328. The topological polar surface area (TPSA) is 55.4 Å². The maximum absolute atomic E-state index is 12.3. The summed E-state index contributed by atoms with van der Waals surface area (Å²) in [5, 5.41) is 0. The molecule has 0 spiro atoms. The van der Waals surface area contributed by atoms with E-state index in [1.54, 1.807) is 0 Å². The van der Waals surface area contributed by atoms with E-state index in [1.807, 2.05) is 0 Å². The number of thioether (sulfide) groups is 1. The van der Waals surface area contributed by atoms with Gasteiger partial charge >= 0.3 is 5.51 Å². The molecule has 0 bridgehead atoms. The molecule has 10 heteroatoms. The number of ether oxygens (including phenoxy) is 1. The summed E-state index contributed by atoms with van der Waals surface area (Å²) in [5.74, 6) is 0.660. The second-order valence-electron chi connectivity index (χ2n) is 4.42. The van der Waals surface area contributed by atoms with Gasteiger partial charge in [0, 0.05) is 4.90 Å². The van der Waals surface area contributed by atoms with Crippen molar-refractivity contribution in [2.24, 2.45) is 0 Å². The van der Waals surface area contributed by atoms with Gasteiger partial charge < -0.3 is 4.74 Å². The van der Waals surface area contributed by atoms with Crippen molar-refractivity contribution >= 4 is 37.7 Å². The van der Waals surface area contributed by atoms with Crippen LogP contribution in [0.1, 0.15) is 0 Å².